The summed E-state index contributed by atoms with van der Waals surface area (Å²) in [7, 11) is 0. The Kier molecular flexibility index (Phi) is 4.08. The van der Waals surface area contributed by atoms with E-state index >= 15 is 0 Å². The van der Waals surface area contributed by atoms with Crippen LogP contribution in [0.15, 0.2) is 30.3 Å². The lowest BCUT2D eigenvalue weighted by Gasteiger charge is -2.15. The van der Waals surface area contributed by atoms with Crippen LogP contribution in [0.5, 0.6) is 0 Å². The molecule has 1 saturated heterocycles. The van der Waals surface area contributed by atoms with Gasteiger partial charge in [0.2, 0.25) is 5.91 Å². The molecule has 1 aliphatic carbocycles. The average molecular weight is 287 g/mol. The van der Waals surface area contributed by atoms with E-state index in [0.29, 0.717) is 25.6 Å². The van der Waals surface area contributed by atoms with Gasteiger partial charge in [-0.25, -0.2) is 4.79 Å². The smallest absolute Gasteiger partial charge is 0.315 e. The normalized spacial score (nSPS) is 21.4. The van der Waals surface area contributed by atoms with Crippen molar-refractivity contribution in [3.05, 3.63) is 35.9 Å². The summed E-state index contributed by atoms with van der Waals surface area (Å²) in [6.07, 6.45) is 2.85. The van der Waals surface area contributed by atoms with E-state index in [1.165, 1.54) is 0 Å². The van der Waals surface area contributed by atoms with Gasteiger partial charge in [-0.05, 0) is 18.4 Å². The highest BCUT2D eigenvalue weighted by Gasteiger charge is 2.39. The molecule has 2 aliphatic rings. The predicted octanol–water partition coefficient (Wildman–Crippen LogP) is 1.50. The fraction of sp³-hybridized carbons (Fsp3) is 0.500. The molecule has 1 aliphatic heterocycles. The number of amides is 3. The number of carbonyl (C=O) groups excluding carboxylic acids is 2. The van der Waals surface area contributed by atoms with Crippen molar-refractivity contribution in [2.75, 3.05) is 13.1 Å². The van der Waals surface area contributed by atoms with Gasteiger partial charge >= 0.3 is 6.03 Å². The molecule has 112 valence electrons. The fourth-order valence-corrected chi connectivity index (χ4v) is 2.76. The van der Waals surface area contributed by atoms with Gasteiger partial charge in [-0.1, -0.05) is 30.3 Å². The maximum atomic E-state index is 11.8. The summed E-state index contributed by atoms with van der Waals surface area (Å²) < 4.78 is 0. The van der Waals surface area contributed by atoms with Crippen LogP contribution in [0.3, 0.4) is 0 Å². The van der Waals surface area contributed by atoms with Crippen LogP contribution < -0.4 is 10.6 Å². The first kappa shape index (κ1) is 13.9. The van der Waals surface area contributed by atoms with Gasteiger partial charge in [0.1, 0.15) is 0 Å². The van der Waals surface area contributed by atoms with Gasteiger partial charge in [0, 0.05) is 38.0 Å². The molecule has 0 radical (unpaired) electrons. The molecule has 1 unspecified atom stereocenters. The van der Waals surface area contributed by atoms with Crippen molar-refractivity contribution in [1.82, 2.24) is 15.5 Å². The molecule has 0 bridgehead atoms. The summed E-state index contributed by atoms with van der Waals surface area (Å²) >= 11 is 0. The minimum absolute atomic E-state index is 0.170. The first-order chi connectivity index (χ1) is 10.2. The van der Waals surface area contributed by atoms with E-state index in [1.807, 2.05) is 35.2 Å². The second kappa shape index (κ2) is 6.16. The van der Waals surface area contributed by atoms with E-state index in [9.17, 15) is 9.59 Å². The Morgan fingerprint density at radius 2 is 1.95 bits per heavy atom. The number of carbonyl (C=O) groups is 2. The summed E-state index contributed by atoms with van der Waals surface area (Å²) in [4.78, 5) is 25.6. The monoisotopic (exact) mass is 287 g/mol. The van der Waals surface area contributed by atoms with Crippen LogP contribution in [0.25, 0.3) is 0 Å². The lowest BCUT2D eigenvalue weighted by Crippen LogP contribution is -2.38. The van der Waals surface area contributed by atoms with Gasteiger partial charge in [0.05, 0.1) is 0 Å². The largest absolute Gasteiger partial charge is 0.339 e. The third kappa shape index (κ3) is 3.74. The Morgan fingerprint density at radius 3 is 2.67 bits per heavy atom. The maximum Gasteiger partial charge on any atom is 0.315 e. The van der Waals surface area contributed by atoms with Gasteiger partial charge in [0.25, 0.3) is 0 Å². The van der Waals surface area contributed by atoms with E-state index < -0.39 is 0 Å². The zero-order valence-corrected chi connectivity index (χ0v) is 12.0. The summed E-state index contributed by atoms with van der Waals surface area (Å²) in [5.74, 6) is 0.495. The Labute approximate surface area is 124 Å². The molecular weight excluding hydrogens is 266 g/mol. The van der Waals surface area contributed by atoms with Crippen LogP contribution in [0.2, 0.25) is 0 Å². The van der Waals surface area contributed by atoms with Crippen LogP contribution >= 0.6 is 0 Å². The molecule has 5 nitrogen and oxygen atoms in total. The topological polar surface area (TPSA) is 61.4 Å². The zero-order valence-electron chi connectivity index (χ0n) is 12.0. The lowest BCUT2D eigenvalue weighted by molar-refractivity contribution is -0.128. The Balaban J connectivity index is 1.37. The van der Waals surface area contributed by atoms with Gasteiger partial charge in [-0.3, -0.25) is 4.79 Å². The van der Waals surface area contributed by atoms with E-state index in [0.717, 1.165) is 24.9 Å². The van der Waals surface area contributed by atoms with Gasteiger partial charge in [-0.15, -0.1) is 0 Å². The Hall–Kier alpha value is -2.04. The molecule has 1 saturated carbocycles. The maximum absolute atomic E-state index is 11.8. The molecule has 0 aromatic heterocycles. The number of nitrogens with zero attached hydrogens (tertiary/aromatic N) is 1. The van der Waals surface area contributed by atoms with Crippen molar-refractivity contribution in [3.8, 4) is 0 Å². The summed E-state index contributed by atoms with van der Waals surface area (Å²) in [6.45, 7) is 1.88. The molecule has 3 amide bonds. The summed E-state index contributed by atoms with van der Waals surface area (Å²) in [6, 6.07) is 10.1. The number of benzene rings is 1. The van der Waals surface area contributed by atoms with Crippen molar-refractivity contribution < 1.29 is 9.59 Å². The minimum Gasteiger partial charge on any atom is -0.339 e. The van der Waals surface area contributed by atoms with E-state index in [2.05, 4.69) is 10.6 Å². The number of likely N-dealkylation sites (tertiary alicyclic amines) is 1. The SMILES string of the molecule is O=C(NCc1ccccc1)NCC1CC(=O)N(C2CC2)C1. The third-order valence-electron chi connectivity index (χ3n) is 4.07. The highest BCUT2D eigenvalue weighted by atomic mass is 16.2. The summed E-state index contributed by atoms with van der Waals surface area (Å²) in [5.41, 5.74) is 1.07. The molecule has 1 atom stereocenters. The highest BCUT2D eigenvalue weighted by Crippen LogP contribution is 2.32. The van der Waals surface area contributed by atoms with E-state index in [-0.39, 0.29) is 17.9 Å². The van der Waals surface area contributed by atoms with Crippen LogP contribution in [0, 0.1) is 5.92 Å². The second-order valence-corrected chi connectivity index (χ2v) is 5.90. The molecular formula is C16H21N3O2. The number of nitrogens with one attached hydrogen (secondary N) is 2. The van der Waals surface area contributed by atoms with Gasteiger partial charge in [-0.2, -0.15) is 0 Å². The fourth-order valence-electron chi connectivity index (χ4n) is 2.76. The highest BCUT2D eigenvalue weighted by molar-refractivity contribution is 5.79. The zero-order chi connectivity index (χ0) is 14.7. The molecule has 21 heavy (non-hydrogen) atoms. The van der Waals surface area contributed by atoms with Crippen molar-refractivity contribution in [3.63, 3.8) is 0 Å². The van der Waals surface area contributed by atoms with Gasteiger partial charge in [0.15, 0.2) is 0 Å². The average Bonchev–Trinajstić information content (AvgIpc) is 3.27. The Morgan fingerprint density at radius 1 is 1.19 bits per heavy atom. The number of hydrogen-bond acceptors (Lipinski definition) is 2. The first-order valence-corrected chi connectivity index (χ1v) is 7.57. The number of hydrogen-bond donors (Lipinski definition) is 2. The first-order valence-electron chi connectivity index (χ1n) is 7.57. The molecule has 1 aromatic carbocycles. The van der Waals surface area contributed by atoms with Crippen LogP contribution in [-0.2, 0) is 11.3 Å². The number of rotatable bonds is 5. The van der Waals surface area contributed by atoms with Gasteiger partial charge < -0.3 is 15.5 Å². The lowest BCUT2D eigenvalue weighted by atomic mass is 10.1. The minimum atomic E-state index is -0.170. The second-order valence-electron chi connectivity index (χ2n) is 5.90. The number of urea groups is 1. The molecule has 0 spiro atoms. The Bertz CT molecular complexity index is 514. The summed E-state index contributed by atoms with van der Waals surface area (Å²) in [5, 5.41) is 5.70. The van der Waals surface area contributed by atoms with Crippen molar-refractivity contribution in [1.29, 1.82) is 0 Å². The van der Waals surface area contributed by atoms with Crippen molar-refractivity contribution >= 4 is 11.9 Å². The molecule has 3 rings (SSSR count). The molecule has 1 aromatic rings. The van der Waals surface area contributed by atoms with E-state index in [4.69, 9.17) is 0 Å². The third-order valence-corrected chi connectivity index (χ3v) is 4.07. The van der Waals surface area contributed by atoms with Crippen molar-refractivity contribution in [2.24, 2.45) is 5.92 Å². The molecule has 1 heterocycles. The molecule has 5 heteroatoms. The standard InChI is InChI=1S/C16H21N3O2/c20-15-8-13(11-19(15)14-6-7-14)10-18-16(21)17-9-12-4-2-1-3-5-12/h1-5,13-14H,6-11H2,(H2,17,18,21). The van der Waals surface area contributed by atoms with Crippen LogP contribution in [0.1, 0.15) is 24.8 Å². The van der Waals surface area contributed by atoms with Crippen molar-refractivity contribution in [2.45, 2.75) is 31.8 Å². The predicted molar refractivity (Wildman–Crippen MR) is 79.5 cm³/mol. The van der Waals surface area contributed by atoms with Crippen LogP contribution in [0.4, 0.5) is 4.79 Å². The van der Waals surface area contributed by atoms with Crippen LogP contribution in [-0.4, -0.2) is 36.0 Å². The molecule has 2 fully saturated rings. The molecule has 2 N–H and O–H groups in total. The van der Waals surface area contributed by atoms with E-state index in [1.54, 1.807) is 0 Å². The quantitative estimate of drug-likeness (QED) is 0.862.